The Bertz CT molecular complexity index is 620. The molecule has 1 heterocycles. The Kier molecular flexibility index (Phi) is 6.09. The number of amides is 2. The monoisotopic (exact) mass is 345 g/mol. The zero-order valence-electron chi connectivity index (χ0n) is 16.1. The highest BCUT2D eigenvalue weighted by molar-refractivity contribution is 5.83. The Hall–Kier alpha value is -2.04. The molecule has 5 nitrogen and oxygen atoms in total. The molecule has 138 valence electrons. The molecule has 1 fully saturated rings. The van der Waals surface area contributed by atoms with Crippen LogP contribution in [0.1, 0.15) is 39.2 Å². The van der Waals surface area contributed by atoms with E-state index in [1.807, 2.05) is 62.9 Å². The molecule has 1 aliphatic rings. The quantitative estimate of drug-likeness (QED) is 0.913. The number of hydrogen-bond donors (Lipinski definition) is 1. The number of likely N-dealkylation sites (tertiary alicyclic amines) is 1. The van der Waals surface area contributed by atoms with Crippen molar-refractivity contribution in [2.24, 2.45) is 11.3 Å². The summed E-state index contributed by atoms with van der Waals surface area (Å²) >= 11 is 0. The lowest BCUT2D eigenvalue weighted by atomic mass is 9.91. The maximum atomic E-state index is 12.5. The molecular formula is C20H31N3O2. The third kappa shape index (κ3) is 5.21. The summed E-state index contributed by atoms with van der Waals surface area (Å²) < 4.78 is 0. The number of piperidine rings is 1. The lowest BCUT2D eigenvalue weighted by Crippen LogP contribution is -2.48. The van der Waals surface area contributed by atoms with Gasteiger partial charge in [-0.25, -0.2) is 0 Å². The number of carbonyl (C=O) groups excluding carboxylic acids is 2. The number of nitrogens with zero attached hydrogens (tertiary/aromatic N) is 2. The standard InChI is InChI=1S/C20H31N3O2/c1-20(2,3)19(25)23-11-7-9-16(14-23)18(24)21-13-15-8-6-10-17(12-15)22(4)5/h6,8,10,12,16H,7,9,11,13-14H2,1-5H3,(H,21,24)/t16-/m1/s1. The summed E-state index contributed by atoms with van der Waals surface area (Å²) in [6.45, 7) is 7.58. The molecule has 0 aromatic heterocycles. The van der Waals surface area contributed by atoms with E-state index in [1.54, 1.807) is 0 Å². The van der Waals surface area contributed by atoms with Crippen LogP contribution in [0.4, 0.5) is 5.69 Å². The minimum Gasteiger partial charge on any atom is -0.378 e. The van der Waals surface area contributed by atoms with Gasteiger partial charge in [-0.15, -0.1) is 0 Å². The van der Waals surface area contributed by atoms with Crippen LogP contribution < -0.4 is 10.2 Å². The lowest BCUT2D eigenvalue weighted by molar-refractivity contribution is -0.142. The average Bonchev–Trinajstić information content (AvgIpc) is 2.58. The van der Waals surface area contributed by atoms with Gasteiger partial charge < -0.3 is 15.1 Å². The van der Waals surface area contributed by atoms with Crippen LogP contribution in [0.3, 0.4) is 0 Å². The molecule has 5 heteroatoms. The molecule has 0 aliphatic carbocycles. The highest BCUT2D eigenvalue weighted by Crippen LogP contribution is 2.23. The summed E-state index contributed by atoms with van der Waals surface area (Å²) in [5.74, 6) is 0.0578. The average molecular weight is 345 g/mol. The lowest BCUT2D eigenvalue weighted by Gasteiger charge is -2.35. The maximum absolute atomic E-state index is 12.5. The number of hydrogen-bond acceptors (Lipinski definition) is 3. The molecule has 2 amide bonds. The van der Waals surface area contributed by atoms with E-state index in [9.17, 15) is 9.59 Å². The van der Waals surface area contributed by atoms with E-state index in [1.165, 1.54) is 0 Å². The summed E-state index contributed by atoms with van der Waals surface area (Å²) in [5.41, 5.74) is 1.80. The van der Waals surface area contributed by atoms with Crippen molar-refractivity contribution in [3.63, 3.8) is 0 Å². The summed E-state index contributed by atoms with van der Waals surface area (Å²) in [6.07, 6.45) is 1.73. The van der Waals surface area contributed by atoms with E-state index in [2.05, 4.69) is 11.4 Å². The van der Waals surface area contributed by atoms with Gasteiger partial charge in [0.15, 0.2) is 0 Å². The molecule has 1 aromatic rings. The van der Waals surface area contributed by atoms with Gasteiger partial charge in [-0.1, -0.05) is 32.9 Å². The fourth-order valence-corrected chi connectivity index (χ4v) is 3.13. The summed E-state index contributed by atoms with van der Waals surface area (Å²) in [5, 5.41) is 3.04. The molecule has 1 N–H and O–H groups in total. The van der Waals surface area contributed by atoms with E-state index in [4.69, 9.17) is 0 Å². The molecule has 0 saturated carbocycles. The summed E-state index contributed by atoms with van der Waals surface area (Å²) in [6, 6.07) is 8.14. The second kappa shape index (κ2) is 7.89. The van der Waals surface area contributed by atoms with Crippen molar-refractivity contribution in [2.75, 3.05) is 32.1 Å². The van der Waals surface area contributed by atoms with Crippen molar-refractivity contribution in [1.29, 1.82) is 0 Å². The fourth-order valence-electron chi connectivity index (χ4n) is 3.13. The van der Waals surface area contributed by atoms with E-state index in [0.29, 0.717) is 13.1 Å². The molecular weight excluding hydrogens is 314 g/mol. The Balaban J connectivity index is 1.92. The van der Waals surface area contributed by atoms with Gasteiger partial charge in [-0.2, -0.15) is 0 Å². The first-order chi connectivity index (χ1) is 11.7. The first-order valence-electron chi connectivity index (χ1n) is 9.02. The number of anilines is 1. The largest absolute Gasteiger partial charge is 0.378 e. The highest BCUT2D eigenvalue weighted by atomic mass is 16.2. The van der Waals surface area contributed by atoms with Crippen LogP contribution in [0, 0.1) is 11.3 Å². The minimum atomic E-state index is -0.398. The van der Waals surface area contributed by atoms with Gasteiger partial charge in [0.1, 0.15) is 0 Å². The second-order valence-electron chi connectivity index (χ2n) is 8.12. The predicted molar refractivity (Wildman–Crippen MR) is 101 cm³/mol. The second-order valence-corrected chi connectivity index (χ2v) is 8.12. The molecule has 25 heavy (non-hydrogen) atoms. The molecule has 0 bridgehead atoms. The van der Waals surface area contributed by atoms with Gasteiger partial charge in [-0.05, 0) is 30.5 Å². The summed E-state index contributed by atoms with van der Waals surface area (Å²) in [7, 11) is 4.00. The van der Waals surface area contributed by atoms with Crippen LogP contribution in [0.5, 0.6) is 0 Å². The number of nitrogens with one attached hydrogen (secondary N) is 1. The first-order valence-corrected chi connectivity index (χ1v) is 9.02. The number of rotatable bonds is 4. The van der Waals surface area contributed by atoms with Crippen LogP contribution in [-0.4, -0.2) is 43.9 Å². The molecule has 0 spiro atoms. The van der Waals surface area contributed by atoms with E-state index in [-0.39, 0.29) is 17.7 Å². The topological polar surface area (TPSA) is 52.7 Å². The molecule has 1 saturated heterocycles. The predicted octanol–water partition coefficient (Wildman–Crippen LogP) is 2.65. The van der Waals surface area contributed by atoms with Gasteiger partial charge in [-0.3, -0.25) is 9.59 Å². The van der Waals surface area contributed by atoms with Crippen LogP contribution in [0.25, 0.3) is 0 Å². The Morgan fingerprint density at radius 3 is 2.64 bits per heavy atom. The zero-order chi connectivity index (χ0) is 18.6. The van der Waals surface area contributed by atoms with E-state index >= 15 is 0 Å². The van der Waals surface area contributed by atoms with Gasteiger partial charge in [0, 0.05) is 44.8 Å². The van der Waals surface area contributed by atoms with Crippen molar-refractivity contribution in [2.45, 2.75) is 40.2 Å². The third-order valence-corrected chi connectivity index (χ3v) is 4.61. The maximum Gasteiger partial charge on any atom is 0.227 e. The zero-order valence-corrected chi connectivity index (χ0v) is 16.1. The normalized spacial score (nSPS) is 18.0. The van der Waals surface area contributed by atoms with Gasteiger partial charge in [0.25, 0.3) is 0 Å². The summed E-state index contributed by atoms with van der Waals surface area (Å²) in [4.78, 5) is 28.9. The van der Waals surface area contributed by atoms with Gasteiger partial charge in [0.05, 0.1) is 5.92 Å². The number of carbonyl (C=O) groups is 2. The van der Waals surface area contributed by atoms with Crippen molar-refractivity contribution in [3.05, 3.63) is 29.8 Å². The van der Waals surface area contributed by atoms with E-state index < -0.39 is 5.41 Å². The fraction of sp³-hybridized carbons (Fsp3) is 0.600. The van der Waals surface area contributed by atoms with Gasteiger partial charge >= 0.3 is 0 Å². The van der Waals surface area contributed by atoms with Crippen LogP contribution in [-0.2, 0) is 16.1 Å². The van der Waals surface area contributed by atoms with Crippen LogP contribution in [0.15, 0.2) is 24.3 Å². The SMILES string of the molecule is CN(C)c1cccc(CNC(=O)[C@@H]2CCCN(C(=O)C(C)(C)C)C2)c1. The highest BCUT2D eigenvalue weighted by Gasteiger charge is 2.33. The molecule has 0 unspecified atom stereocenters. The molecule has 1 atom stereocenters. The minimum absolute atomic E-state index is 0.0432. The molecule has 1 aromatic carbocycles. The first kappa shape index (κ1) is 19.3. The smallest absolute Gasteiger partial charge is 0.227 e. The molecule has 1 aliphatic heterocycles. The van der Waals surface area contributed by atoms with Crippen LogP contribution in [0.2, 0.25) is 0 Å². The Morgan fingerprint density at radius 1 is 1.28 bits per heavy atom. The Labute approximate surface area is 151 Å². The van der Waals surface area contributed by atoms with Gasteiger partial charge in [0.2, 0.25) is 11.8 Å². The molecule has 0 radical (unpaired) electrons. The third-order valence-electron chi connectivity index (χ3n) is 4.61. The van der Waals surface area contributed by atoms with Crippen molar-refractivity contribution < 1.29 is 9.59 Å². The molecule has 2 rings (SSSR count). The van der Waals surface area contributed by atoms with Crippen molar-refractivity contribution >= 4 is 17.5 Å². The Morgan fingerprint density at radius 2 is 2.00 bits per heavy atom. The number of benzene rings is 1. The van der Waals surface area contributed by atoms with Crippen molar-refractivity contribution in [3.8, 4) is 0 Å². The van der Waals surface area contributed by atoms with E-state index in [0.717, 1.165) is 30.6 Å². The van der Waals surface area contributed by atoms with Crippen LogP contribution >= 0.6 is 0 Å². The van der Waals surface area contributed by atoms with Crippen molar-refractivity contribution in [1.82, 2.24) is 10.2 Å².